The zero-order valence-corrected chi connectivity index (χ0v) is 14.1. The van der Waals surface area contributed by atoms with Crippen molar-refractivity contribution in [2.45, 2.75) is 18.9 Å². The van der Waals surface area contributed by atoms with E-state index in [0.717, 1.165) is 23.4 Å². The topological polar surface area (TPSA) is 68.6 Å². The van der Waals surface area contributed by atoms with Gasteiger partial charge in [-0.3, -0.25) is 9.59 Å². The van der Waals surface area contributed by atoms with E-state index in [2.05, 4.69) is 0 Å². The maximum Gasteiger partial charge on any atom is 0.289 e. The Hall–Kier alpha value is -3.02. The molecule has 2 atom stereocenters. The predicted octanol–water partition coefficient (Wildman–Crippen LogP) is 2.96. The SMILES string of the molecule is O=C(c1ccco1)N1C[C@@H]2C[C@H](C1)c1c(-c3ccco3)ccc(=O)n1C2. The number of nitrogens with zero attached hydrogens (tertiary/aromatic N) is 2. The molecule has 26 heavy (non-hydrogen) atoms. The van der Waals surface area contributed by atoms with Crippen molar-refractivity contribution in [1.82, 2.24) is 9.47 Å². The third kappa shape index (κ3) is 2.33. The molecule has 1 saturated heterocycles. The Bertz CT molecular complexity index is 1000. The minimum atomic E-state index is -0.0871. The molecule has 1 amide bonds. The van der Waals surface area contributed by atoms with Gasteiger partial charge >= 0.3 is 0 Å². The van der Waals surface area contributed by atoms with E-state index in [1.165, 1.54) is 6.26 Å². The molecule has 0 aromatic carbocycles. The van der Waals surface area contributed by atoms with Crippen LogP contribution in [0.5, 0.6) is 0 Å². The minimum Gasteiger partial charge on any atom is -0.464 e. The van der Waals surface area contributed by atoms with Crippen LogP contribution in [0.1, 0.15) is 28.6 Å². The third-order valence-corrected chi connectivity index (χ3v) is 5.40. The Morgan fingerprint density at radius 3 is 2.62 bits per heavy atom. The molecule has 0 spiro atoms. The molecule has 3 aromatic rings. The molecule has 0 radical (unpaired) electrons. The summed E-state index contributed by atoms with van der Waals surface area (Å²) in [6.45, 7) is 1.85. The van der Waals surface area contributed by atoms with Gasteiger partial charge in [-0.05, 0) is 42.7 Å². The predicted molar refractivity (Wildman–Crippen MR) is 93.9 cm³/mol. The molecule has 0 unspecified atom stereocenters. The Morgan fingerprint density at radius 2 is 1.85 bits per heavy atom. The summed E-state index contributed by atoms with van der Waals surface area (Å²) >= 11 is 0. The smallest absolute Gasteiger partial charge is 0.289 e. The fraction of sp³-hybridized carbons (Fsp3) is 0.300. The first kappa shape index (κ1) is 15.3. The van der Waals surface area contributed by atoms with Crippen LogP contribution in [-0.4, -0.2) is 28.5 Å². The second kappa shape index (κ2) is 5.76. The van der Waals surface area contributed by atoms with Crippen LogP contribution in [0.25, 0.3) is 11.3 Å². The van der Waals surface area contributed by atoms with Crippen molar-refractivity contribution in [3.8, 4) is 11.3 Å². The van der Waals surface area contributed by atoms with Gasteiger partial charge < -0.3 is 18.3 Å². The van der Waals surface area contributed by atoms with Crippen LogP contribution in [-0.2, 0) is 6.54 Å². The van der Waals surface area contributed by atoms with Crippen LogP contribution in [0.3, 0.4) is 0 Å². The van der Waals surface area contributed by atoms with Crippen LogP contribution in [0.15, 0.2) is 62.6 Å². The summed E-state index contributed by atoms with van der Waals surface area (Å²) < 4.78 is 12.7. The second-order valence-electron chi connectivity index (χ2n) is 7.04. The summed E-state index contributed by atoms with van der Waals surface area (Å²) in [7, 11) is 0. The van der Waals surface area contributed by atoms with E-state index in [1.54, 1.807) is 24.5 Å². The summed E-state index contributed by atoms with van der Waals surface area (Å²) in [6, 6.07) is 10.6. The highest BCUT2D eigenvalue weighted by molar-refractivity contribution is 5.91. The van der Waals surface area contributed by atoms with Gasteiger partial charge in [0.15, 0.2) is 5.76 Å². The van der Waals surface area contributed by atoms with E-state index in [9.17, 15) is 9.59 Å². The molecule has 132 valence electrons. The van der Waals surface area contributed by atoms with Crippen LogP contribution in [0, 0.1) is 5.92 Å². The van der Waals surface area contributed by atoms with E-state index in [4.69, 9.17) is 8.83 Å². The number of fused-ring (bicyclic) bond motifs is 4. The van der Waals surface area contributed by atoms with E-state index in [0.29, 0.717) is 25.4 Å². The van der Waals surface area contributed by atoms with Crippen LogP contribution < -0.4 is 5.56 Å². The van der Waals surface area contributed by atoms with Crippen molar-refractivity contribution in [1.29, 1.82) is 0 Å². The lowest BCUT2D eigenvalue weighted by molar-refractivity contribution is 0.0564. The number of carbonyl (C=O) groups is 1. The Kier molecular flexibility index (Phi) is 3.38. The number of aromatic nitrogens is 1. The first-order valence-corrected chi connectivity index (χ1v) is 8.81. The van der Waals surface area contributed by atoms with Gasteiger partial charge in [0.2, 0.25) is 0 Å². The van der Waals surface area contributed by atoms with Gasteiger partial charge in [0.05, 0.1) is 12.5 Å². The monoisotopic (exact) mass is 350 g/mol. The van der Waals surface area contributed by atoms with Gasteiger partial charge in [0.25, 0.3) is 11.5 Å². The normalized spacial score (nSPS) is 21.5. The number of hydrogen-bond acceptors (Lipinski definition) is 4. The van der Waals surface area contributed by atoms with Gasteiger partial charge in [-0.15, -0.1) is 0 Å². The minimum absolute atomic E-state index is 0.0100. The lowest BCUT2D eigenvalue weighted by Gasteiger charge is -2.43. The van der Waals surface area contributed by atoms with E-state index >= 15 is 0 Å². The summed E-state index contributed by atoms with van der Waals surface area (Å²) in [5.41, 5.74) is 1.92. The first-order chi connectivity index (χ1) is 12.7. The molecular weight excluding hydrogens is 332 g/mol. The standard InChI is InChI=1S/C20H18N2O4/c23-18-6-5-15(16-3-1-7-25-16)19-14-9-13(11-22(18)19)10-21(12-14)20(24)17-4-2-8-26-17/h1-8,13-14H,9-12H2/t13-,14+/m0/s1. The molecule has 6 nitrogen and oxygen atoms in total. The highest BCUT2D eigenvalue weighted by Crippen LogP contribution is 2.40. The van der Waals surface area contributed by atoms with E-state index in [1.807, 2.05) is 27.7 Å². The molecule has 3 aromatic heterocycles. The number of amides is 1. The molecule has 0 aliphatic carbocycles. The fourth-order valence-corrected chi connectivity index (χ4v) is 4.38. The largest absolute Gasteiger partial charge is 0.464 e. The molecule has 5 heterocycles. The number of carbonyl (C=O) groups excluding carboxylic acids is 1. The Morgan fingerprint density at radius 1 is 1.00 bits per heavy atom. The summed E-state index contributed by atoms with van der Waals surface area (Å²) in [5.74, 6) is 1.40. The van der Waals surface area contributed by atoms with Gasteiger partial charge in [0.1, 0.15) is 5.76 Å². The molecule has 0 saturated carbocycles. The average molecular weight is 350 g/mol. The molecule has 6 heteroatoms. The number of piperidine rings is 1. The van der Waals surface area contributed by atoms with Gasteiger partial charge in [-0.25, -0.2) is 0 Å². The number of hydrogen-bond donors (Lipinski definition) is 0. The van der Waals surface area contributed by atoms with Crippen molar-refractivity contribution in [3.63, 3.8) is 0 Å². The zero-order valence-electron chi connectivity index (χ0n) is 14.1. The van der Waals surface area contributed by atoms with Crippen molar-refractivity contribution in [3.05, 3.63) is 70.7 Å². The maximum absolute atomic E-state index is 12.7. The van der Waals surface area contributed by atoms with Crippen LogP contribution in [0.4, 0.5) is 0 Å². The summed E-state index contributed by atoms with van der Waals surface area (Å²) in [4.78, 5) is 27.0. The van der Waals surface area contributed by atoms with Crippen LogP contribution in [0.2, 0.25) is 0 Å². The van der Waals surface area contributed by atoms with Crippen molar-refractivity contribution in [2.75, 3.05) is 13.1 Å². The molecule has 1 fully saturated rings. The maximum atomic E-state index is 12.7. The zero-order chi connectivity index (χ0) is 17.7. The molecule has 2 bridgehead atoms. The second-order valence-corrected chi connectivity index (χ2v) is 7.04. The van der Waals surface area contributed by atoms with Crippen LogP contribution >= 0.6 is 0 Å². The van der Waals surface area contributed by atoms with Crippen molar-refractivity contribution < 1.29 is 13.6 Å². The first-order valence-electron chi connectivity index (χ1n) is 8.81. The molecule has 2 aliphatic rings. The highest BCUT2D eigenvalue weighted by Gasteiger charge is 2.38. The average Bonchev–Trinajstić information content (AvgIpc) is 3.35. The number of pyridine rings is 1. The van der Waals surface area contributed by atoms with Crippen molar-refractivity contribution >= 4 is 5.91 Å². The number of rotatable bonds is 2. The fourth-order valence-electron chi connectivity index (χ4n) is 4.38. The van der Waals surface area contributed by atoms with Gasteiger partial charge in [-0.2, -0.15) is 0 Å². The van der Waals surface area contributed by atoms with Gasteiger partial charge in [-0.1, -0.05) is 0 Å². The van der Waals surface area contributed by atoms with E-state index < -0.39 is 0 Å². The third-order valence-electron chi connectivity index (χ3n) is 5.40. The lowest BCUT2D eigenvalue weighted by atomic mass is 9.81. The summed E-state index contributed by atoms with van der Waals surface area (Å²) in [6.07, 6.45) is 4.12. The molecule has 2 aliphatic heterocycles. The number of likely N-dealkylation sites (tertiary alicyclic amines) is 1. The highest BCUT2D eigenvalue weighted by atomic mass is 16.3. The van der Waals surface area contributed by atoms with Crippen molar-refractivity contribution in [2.24, 2.45) is 5.92 Å². The Labute approximate surface area is 149 Å². The molecule has 5 rings (SSSR count). The summed E-state index contributed by atoms with van der Waals surface area (Å²) in [5, 5.41) is 0. The quantitative estimate of drug-likeness (QED) is 0.713. The molecule has 0 N–H and O–H groups in total. The van der Waals surface area contributed by atoms with E-state index in [-0.39, 0.29) is 23.3 Å². The van der Waals surface area contributed by atoms with Gasteiger partial charge in [0, 0.05) is 42.9 Å². The lowest BCUT2D eigenvalue weighted by Crippen LogP contribution is -2.49. The Balaban J connectivity index is 1.56. The molecular formula is C20H18N2O4. The number of furan rings is 2.